The second kappa shape index (κ2) is 7.60. The molecule has 7 heteroatoms. The van der Waals surface area contributed by atoms with E-state index in [1.165, 1.54) is 0 Å². The molecule has 1 aliphatic heterocycles. The predicted octanol–water partition coefficient (Wildman–Crippen LogP) is 0.803. The van der Waals surface area contributed by atoms with Crippen LogP contribution < -0.4 is 11.2 Å². The lowest BCUT2D eigenvalue weighted by atomic mass is 10.0. The molecule has 1 atom stereocenters. The summed E-state index contributed by atoms with van der Waals surface area (Å²) in [5.74, 6) is 2.12. The van der Waals surface area contributed by atoms with Crippen LogP contribution >= 0.6 is 0 Å². The van der Waals surface area contributed by atoms with Gasteiger partial charge < -0.3 is 11.2 Å². The van der Waals surface area contributed by atoms with Crippen LogP contribution in [0.15, 0.2) is 65.8 Å². The van der Waals surface area contributed by atoms with Crippen molar-refractivity contribution in [2.75, 3.05) is 0 Å². The Hall–Kier alpha value is -3.48. The zero-order chi connectivity index (χ0) is 18.5. The zero-order valence-corrected chi connectivity index (χ0v) is 14.0. The van der Waals surface area contributed by atoms with E-state index in [0.29, 0.717) is 0 Å². The number of amides is 3. The number of rotatable bonds is 5. The summed E-state index contributed by atoms with van der Waals surface area (Å²) in [6.45, 7) is 0.314. The van der Waals surface area contributed by atoms with Crippen LogP contribution in [0.2, 0.25) is 0 Å². The van der Waals surface area contributed by atoms with Gasteiger partial charge in [-0.3, -0.25) is 19.3 Å². The third-order valence-electron chi connectivity index (χ3n) is 4.15. The highest BCUT2D eigenvalue weighted by atomic mass is 16.2. The number of nitrogens with two attached hydrogens (primary N) is 1. The van der Waals surface area contributed by atoms with Gasteiger partial charge in [0.1, 0.15) is 5.71 Å². The summed E-state index contributed by atoms with van der Waals surface area (Å²) < 4.78 is 0. The highest BCUT2D eigenvalue weighted by molar-refractivity contribution is 6.54. The van der Waals surface area contributed by atoms with Crippen molar-refractivity contribution >= 4 is 23.4 Å². The topological polar surface area (TPSA) is 105 Å². The molecule has 7 nitrogen and oxygen atoms in total. The Morgan fingerprint density at radius 1 is 1.00 bits per heavy atom. The van der Waals surface area contributed by atoms with Gasteiger partial charge in [-0.2, -0.15) is 5.10 Å². The highest BCUT2D eigenvalue weighted by Crippen LogP contribution is 2.20. The quantitative estimate of drug-likeness (QED) is 0.360. The van der Waals surface area contributed by atoms with E-state index in [2.05, 4.69) is 10.4 Å². The minimum atomic E-state index is -1.32. The van der Waals surface area contributed by atoms with Gasteiger partial charge in [-0.15, -0.1) is 0 Å². The standard InChI is InChI=1S/C19H18N4O3/c20-22-16-15(17(24)21-11-13-7-3-1-4-8-13)18(25)23(19(16)26)12-14-9-5-2-6-10-14/h1-10,15H,11-12,20H2,(H,21,24)/b22-16-. The number of hydrogen-bond donors (Lipinski definition) is 2. The molecular weight excluding hydrogens is 332 g/mol. The van der Waals surface area contributed by atoms with Gasteiger partial charge in [-0.1, -0.05) is 60.7 Å². The Bertz CT molecular complexity index is 850. The number of hydrazone groups is 1. The van der Waals surface area contributed by atoms with Crippen LogP contribution in [0.5, 0.6) is 0 Å². The summed E-state index contributed by atoms with van der Waals surface area (Å²) in [5.41, 5.74) is 1.41. The largest absolute Gasteiger partial charge is 0.351 e. The minimum Gasteiger partial charge on any atom is -0.351 e. The molecule has 0 radical (unpaired) electrons. The lowest BCUT2D eigenvalue weighted by molar-refractivity contribution is -0.141. The van der Waals surface area contributed by atoms with Gasteiger partial charge >= 0.3 is 0 Å². The van der Waals surface area contributed by atoms with Gasteiger partial charge in [0, 0.05) is 6.54 Å². The van der Waals surface area contributed by atoms with Crippen molar-refractivity contribution < 1.29 is 14.4 Å². The summed E-state index contributed by atoms with van der Waals surface area (Å²) in [6.07, 6.45) is 0. The Kier molecular flexibility index (Phi) is 5.07. The normalized spacial score (nSPS) is 18.4. The maximum atomic E-state index is 12.7. The summed E-state index contributed by atoms with van der Waals surface area (Å²) in [4.78, 5) is 38.6. The average Bonchev–Trinajstić information content (AvgIpc) is 2.92. The van der Waals surface area contributed by atoms with E-state index in [9.17, 15) is 14.4 Å². The third kappa shape index (κ3) is 3.46. The van der Waals surface area contributed by atoms with Crippen LogP contribution in [-0.4, -0.2) is 28.3 Å². The molecule has 26 heavy (non-hydrogen) atoms. The van der Waals surface area contributed by atoms with Crippen LogP contribution in [0.4, 0.5) is 0 Å². The third-order valence-corrected chi connectivity index (χ3v) is 4.15. The van der Waals surface area contributed by atoms with Crippen LogP contribution in [0.1, 0.15) is 11.1 Å². The summed E-state index contributed by atoms with van der Waals surface area (Å²) in [7, 11) is 0. The van der Waals surface area contributed by atoms with E-state index in [4.69, 9.17) is 5.84 Å². The molecule has 2 aromatic carbocycles. The van der Waals surface area contributed by atoms with Crippen molar-refractivity contribution in [1.29, 1.82) is 0 Å². The minimum absolute atomic E-state index is 0.0694. The van der Waals surface area contributed by atoms with Crippen molar-refractivity contribution in [2.45, 2.75) is 13.1 Å². The molecule has 0 spiro atoms. The Balaban J connectivity index is 1.74. The lowest BCUT2D eigenvalue weighted by Crippen LogP contribution is -2.38. The maximum absolute atomic E-state index is 12.7. The summed E-state index contributed by atoms with van der Waals surface area (Å²) in [6, 6.07) is 18.3. The zero-order valence-electron chi connectivity index (χ0n) is 14.0. The monoisotopic (exact) mass is 350 g/mol. The van der Waals surface area contributed by atoms with Crippen molar-refractivity contribution in [2.24, 2.45) is 16.9 Å². The van der Waals surface area contributed by atoms with Gasteiger partial charge in [-0.05, 0) is 11.1 Å². The van der Waals surface area contributed by atoms with Gasteiger partial charge in [0.05, 0.1) is 6.54 Å². The summed E-state index contributed by atoms with van der Waals surface area (Å²) >= 11 is 0. The van der Waals surface area contributed by atoms with Crippen LogP contribution in [-0.2, 0) is 27.5 Å². The number of nitrogens with one attached hydrogen (secondary N) is 1. The maximum Gasteiger partial charge on any atom is 0.278 e. The molecule has 2 aromatic rings. The van der Waals surface area contributed by atoms with Gasteiger partial charge in [0.25, 0.3) is 5.91 Å². The first-order valence-electron chi connectivity index (χ1n) is 8.11. The number of hydrogen-bond acceptors (Lipinski definition) is 5. The molecule has 0 saturated carbocycles. The second-order valence-corrected chi connectivity index (χ2v) is 5.87. The van der Waals surface area contributed by atoms with Crippen molar-refractivity contribution in [3.8, 4) is 0 Å². The molecule has 1 fully saturated rings. The molecule has 3 N–H and O–H groups in total. The molecule has 1 aliphatic rings. The Labute approximate surface area is 150 Å². The van der Waals surface area contributed by atoms with Crippen molar-refractivity contribution in [3.63, 3.8) is 0 Å². The molecule has 0 bridgehead atoms. The van der Waals surface area contributed by atoms with E-state index in [1.54, 1.807) is 12.1 Å². The first kappa shape index (κ1) is 17.3. The molecule has 1 heterocycles. The van der Waals surface area contributed by atoms with Gasteiger partial charge in [0.2, 0.25) is 11.8 Å². The van der Waals surface area contributed by atoms with E-state index in [0.717, 1.165) is 16.0 Å². The van der Waals surface area contributed by atoms with Crippen LogP contribution in [0.3, 0.4) is 0 Å². The highest BCUT2D eigenvalue weighted by Gasteiger charge is 2.48. The first-order valence-corrected chi connectivity index (χ1v) is 8.11. The molecule has 1 saturated heterocycles. The van der Waals surface area contributed by atoms with Gasteiger partial charge in [0.15, 0.2) is 5.92 Å². The van der Waals surface area contributed by atoms with Crippen LogP contribution in [0, 0.1) is 5.92 Å². The van der Waals surface area contributed by atoms with E-state index in [1.807, 2.05) is 48.5 Å². The fourth-order valence-electron chi connectivity index (χ4n) is 2.80. The van der Waals surface area contributed by atoms with E-state index >= 15 is 0 Å². The fraction of sp³-hybridized carbons (Fsp3) is 0.158. The SMILES string of the molecule is N/N=C1\C(=O)N(Cc2ccccc2)C(=O)C1C(=O)NCc1ccccc1. The van der Waals surface area contributed by atoms with Crippen LogP contribution in [0.25, 0.3) is 0 Å². The van der Waals surface area contributed by atoms with E-state index < -0.39 is 23.6 Å². The molecule has 3 amide bonds. The van der Waals surface area contributed by atoms with Crippen molar-refractivity contribution in [1.82, 2.24) is 10.2 Å². The second-order valence-electron chi connectivity index (χ2n) is 5.87. The van der Waals surface area contributed by atoms with E-state index in [-0.39, 0.29) is 18.8 Å². The van der Waals surface area contributed by atoms with Crippen molar-refractivity contribution in [3.05, 3.63) is 71.8 Å². The average molecular weight is 350 g/mol. The number of nitrogens with zero attached hydrogens (tertiary/aromatic N) is 2. The number of imide groups is 1. The molecule has 132 valence electrons. The number of carbonyl (C=O) groups excluding carboxylic acids is 3. The molecule has 0 aromatic heterocycles. The lowest BCUT2D eigenvalue weighted by Gasteiger charge is -2.14. The fourth-order valence-corrected chi connectivity index (χ4v) is 2.80. The number of carbonyl (C=O) groups is 3. The smallest absolute Gasteiger partial charge is 0.278 e. The molecular formula is C19H18N4O3. The van der Waals surface area contributed by atoms with Gasteiger partial charge in [-0.25, -0.2) is 0 Å². The number of benzene rings is 2. The molecule has 1 unspecified atom stereocenters. The first-order chi connectivity index (χ1) is 12.6. The molecule has 0 aliphatic carbocycles. The summed E-state index contributed by atoms with van der Waals surface area (Å²) in [5, 5.41) is 6.08. The Morgan fingerprint density at radius 2 is 1.58 bits per heavy atom. The molecule has 3 rings (SSSR count). The predicted molar refractivity (Wildman–Crippen MR) is 95.4 cm³/mol. The Morgan fingerprint density at radius 3 is 2.15 bits per heavy atom. The number of likely N-dealkylation sites (tertiary alicyclic amines) is 1.